The number of rotatable bonds is 2. The number of benzene rings is 4. The van der Waals surface area contributed by atoms with Crippen molar-refractivity contribution in [1.82, 2.24) is 0 Å². The molecule has 7 heteroatoms. The van der Waals surface area contributed by atoms with Crippen molar-refractivity contribution in [2.24, 2.45) is 10.4 Å². The van der Waals surface area contributed by atoms with Crippen molar-refractivity contribution in [2.45, 2.75) is 0 Å². The van der Waals surface area contributed by atoms with Gasteiger partial charge >= 0.3 is 0 Å². The summed E-state index contributed by atoms with van der Waals surface area (Å²) < 4.78 is 0. The summed E-state index contributed by atoms with van der Waals surface area (Å²) in [5.41, 5.74) is 0.219. The van der Waals surface area contributed by atoms with Crippen LogP contribution in [0, 0.1) is 9.81 Å². The van der Waals surface area contributed by atoms with Crippen LogP contribution < -0.4 is 0 Å². The zero-order chi connectivity index (χ0) is 18.5. The number of nitrogens with zero attached hydrogens (tertiary/aromatic N) is 2. The van der Waals surface area contributed by atoms with E-state index in [1.807, 2.05) is 24.3 Å². The normalized spacial score (nSPS) is 9.78. The summed E-state index contributed by atoms with van der Waals surface area (Å²) in [4.78, 5) is 20.9. The molecular weight excluding hydrogens is 391 g/mol. The number of aromatic hydroxyl groups is 2. The third-order valence-electron chi connectivity index (χ3n) is 3.94. The van der Waals surface area contributed by atoms with E-state index >= 15 is 0 Å². The van der Waals surface area contributed by atoms with E-state index in [4.69, 9.17) is 0 Å². The Bertz CT molecular complexity index is 1030. The Morgan fingerprint density at radius 2 is 0.926 bits per heavy atom. The molecule has 0 saturated heterocycles. The third kappa shape index (κ3) is 4.10. The van der Waals surface area contributed by atoms with Gasteiger partial charge < -0.3 is 10.2 Å². The van der Waals surface area contributed by atoms with E-state index in [9.17, 15) is 20.0 Å². The van der Waals surface area contributed by atoms with Crippen molar-refractivity contribution in [1.29, 1.82) is 0 Å². The van der Waals surface area contributed by atoms with Crippen LogP contribution in [0.1, 0.15) is 0 Å². The third-order valence-corrected chi connectivity index (χ3v) is 3.94. The monoisotopic (exact) mass is 405 g/mol. The van der Waals surface area contributed by atoms with Gasteiger partial charge in [0.05, 0.1) is 0 Å². The molecule has 4 aromatic rings. The fourth-order valence-electron chi connectivity index (χ4n) is 2.68. The first-order valence-electron chi connectivity index (χ1n) is 7.74. The second-order valence-electron chi connectivity index (χ2n) is 5.49. The van der Waals surface area contributed by atoms with Gasteiger partial charge in [-0.2, -0.15) is 0 Å². The topological polar surface area (TPSA) is 99.3 Å². The van der Waals surface area contributed by atoms with Crippen molar-refractivity contribution in [3.63, 3.8) is 0 Å². The summed E-state index contributed by atoms with van der Waals surface area (Å²) in [6, 6.07) is 21.0. The molecule has 0 unspecified atom stereocenters. The first kappa shape index (κ1) is 20.0. The van der Waals surface area contributed by atoms with Gasteiger partial charge in [0.1, 0.15) is 11.5 Å². The van der Waals surface area contributed by atoms with Gasteiger partial charge in [-0.15, -0.1) is 9.81 Å². The van der Waals surface area contributed by atoms with E-state index in [2.05, 4.69) is 10.4 Å². The molecule has 0 aliphatic heterocycles. The Kier molecular flexibility index (Phi) is 6.59. The molecule has 0 amide bonds. The molecule has 0 aromatic heterocycles. The molecule has 137 valence electrons. The van der Waals surface area contributed by atoms with E-state index in [1.54, 1.807) is 36.4 Å². The molecule has 0 aliphatic carbocycles. The minimum Gasteiger partial charge on any atom is -0.506 e. The Labute approximate surface area is 164 Å². The summed E-state index contributed by atoms with van der Waals surface area (Å²) in [5.74, 6) is -0.151. The van der Waals surface area contributed by atoms with Crippen LogP contribution in [-0.2, 0) is 16.8 Å². The van der Waals surface area contributed by atoms with Gasteiger partial charge in [-0.05, 0) is 33.3 Å². The average molecular weight is 405 g/mol. The van der Waals surface area contributed by atoms with Gasteiger partial charge in [-0.1, -0.05) is 60.7 Å². The zero-order valence-corrected chi connectivity index (χ0v) is 14.9. The number of hydrogen-bond acceptors (Lipinski definition) is 6. The first-order chi connectivity index (χ1) is 12.7. The van der Waals surface area contributed by atoms with Crippen LogP contribution in [0.5, 0.6) is 11.5 Å². The molecule has 0 heterocycles. The SMILES string of the molecule is O=Nc1c(O)ccc2ccccc12.O=Nc1c(O)ccc2ccccc12.[Co]. The van der Waals surface area contributed by atoms with Crippen LogP contribution in [0.15, 0.2) is 83.2 Å². The Morgan fingerprint density at radius 3 is 1.30 bits per heavy atom. The molecular formula is C20H14CoN2O4. The molecule has 2 N–H and O–H groups in total. The number of fused-ring (bicyclic) bond motifs is 2. The Morgan fingerprint density at radius 1 is 0.556 bits per heavy atom. The van der Waals surface area contributed by atoms with E-state index < -0.39 is 0 Å². The molecule has 0 saturated carbocycles. The van der Waals surface area contributed by atoms with Crippen LogP contribution in [0.4, 0.5) is 11.4 Å². The summed E-state index contributed by atoms with van der Waals surface area (Å²) in [6.45, 7) is 0. The Balaban J connectivity index is 0.000000187. The molecule has 6 nitrogen and oxygen atoms in total. The number of phenolic OH excluding ortho intramolecular Hbond substituents is 2. The molecule has 0 bridgehead atoms. The van der Waals surface area contributed by atoms with Gasteiger partial charge in [0.15, 0.2) is 11.4 Å². The standard InChI is InChI=1S/2C10H7NO2.Co/c2*12-9-6-5-7-3-1-2-4-8(7)10(9)11-13;/h2*1-6,12H;. The van der Waals surface area contributed by atoms with Crippen molar-refractivity contribution >= 4 is 32.9 Å². The predicted molar refractivity (Wildman–Crippen MR) is 102 cm³/mol. The van der Waals surface area contributed by atoms with Crippen LogP contribution in [-0.4, -0.2) is 10.2 Å². The van der Waals surface area contributed by atoms with Crippen molar-refractivity contribution in [2.75, 3.05) is 0 Å². The van der Waals surface area contributed by atoms with Crippen LogP contribution >= 0.6 is 0 Å². The van der Waals surface area contributed by atoms with E-state index in [0.717, 1.165) is 10.8 Å². The summed E-state index contributed by atoms with van der Waals surface area (Å²) in [5, 5.41) is 27.4. The minimum atomic E-state index is -0.0753. The maximum absolute atomic E-state index is 10.4. The van der Waals surface area contributed by atoms with E-state index in [-0.39, 0.29) is 39.7 Å². The molecule has 0 atom stereocenters. The molecule has 4 aromatic carbocycles. The van der Waals surface area contributed by atoms with E-state index in [0.29, 0.717) is 10.8 Å². The van der Waals surface area contributed by atoms with Gasteiger partial charge in [0.2, 0.25) is 0 Å². The minimum absolute atomic E-state index is 0. The smallest absolute Gasteiger partial charge is 0.157 e. The second kappa shape index (κ2) is 8.88. The predicted octanol–water partition coefficient (Wildman–Crippen LogP) is 5.88. The fourth-order valence-corrected chi connectivity index (χ4v) is 2.68. The molecule has 0 aliphatic rings. The Hall–Kier alpha value is -3.29. The maximum atomic E-state index is 10.4. The number of phenols is 2. The van der Waals surface area contributed by atoms with Crippen LogP contribution in [0.2, 0.25) is 0 Å². The summed E-state index contributed by atoms with van der Waals surface area (Å²) in [6.07, 6.45) is 0. The zero-order valence-electron chi connectivity index (χ0n) is 13.9. The average Bonchev–Trinajstić information content (AvgIpc) is 2.68. The fraction of sp³-hybridized carbons (Fsp3) is 0. The quantitative estimate of drug-likeness (QED) is 0.407. The molecule has 0 fully saturated rings. The van der Waals surface area contributed by atoms with Gasteiger partial charge in [-0.3, -0.25) is 0 Å². The molecule has 1 radical (unpaired) electrons. The molecule has 0 spiro atoms. The largest absolute Gasteiger partial charge is 0.506 e. The number of hydrogen-bond donors (Lipinski definition) is 2. The summed E-state index contributed by atoms with van der Waals surface area (Å²) >= 11 is 0. The van der Waals surface area contributed by atoms with Gasteiger partial charge in [-0.25, -0.2) is 0 Å². The van der Waals surface area contributed by atoms with Gasteiger partial charge in [0.25, 0.3) is 0 Å². The molecule has 4 rings (SSSR count). The van der Waals surface area contributed by atoms with Crippen molar-refractivity contribution < 1.29 is 27.0 Å². The first-order valence-corrected chi connectivity index (χ1v) is 7.74. The summed E-state index contributed by atoms with van der Waals surface area (Å²) in [7, 11) is 0. The second-order valence-corrected chi connectivity index (χ2v) is 5.49. The van der Waals surface area contributed by atoms with E-state index in [1.165, 1.54) is 12.1 Å². The maximum Gasteiger partial charge on any atom is 0.157 e. The van der Waals surface area contributed by atoms with Crippen molar-refractivity contribution in [3.8, 4) is 11.5 Å². The van der Waals surface area contributed by atoms with Gasteiger partial charge in [0, 0.05) is 27.6 Å². The van der Waals surface area contributed by atoms with Crippen molar-refractivity contribution in [3.05, 3.63) is 82.6 Å². The van der Waals surface area contributed by atoms with Crippen LogP contribution in [0.3, 0.4) is 0 Å². The molecule has 27 heavy (non-hydrogen) atoms. The van der Waals surface area contributed by atoms with Crippen LogP contribution in [0.25, 0.3) is 21.5 Å². The number of nitroso groups, excluding NO2 is 2.